The molecule has 0 aliphatic heterocycles. The average Bonchev–Trinajstić information content (AvgIpc) is 2.86. The Hall–Kier alpha value is -1.79. The van der Waals surface area contributed by atoms with Crippen LogP contribution in [-0.2, 0) is 0 Å². The average molecular weight is 303 g/mol. The Kier molecular flexibility index (Phi) is 3.50. The summed E-state index contributed by atoms with van der Waals surface area (Å²) in [6, 6.07) is 9.41. The van der Waals surface area contributed by atoms with Crippen molar-refractivity contribution >= 4 is 38.9 Å². The van der Waals surface area contributed by atoms with Crippen molar-refractivity contribution in [3.8, 4) is 5.69 Å². The van der Waals surface area contributed by atoms with Gasteiger partial charge >= 0.3 is 0 Å². The van der Waals surface area contributed by atoms with Crippen molar-refractivity contribution in [1.82, 2.24) is 9.78 Å². The molecule has 2 aromatic heterocycles. The van der Waals surface area contributed by atoms with Gasteiger partial charge in [0, 0.05) is 10.8 Å². The molecule has 3 aromatic rings. The molecule has 0 fully saturated rings. The standard InChI is InChI=1S/C14H13N3OS2/c1-2-19-13-10-8-20-12(15)11(10)14(18)17(16-13)9-6-4-3-5-7-9/h3-8H,2,15H2,1H3. The van der Waals surface area contributed by atoms with Gasteiger partial charge in [-0.2, -0.15) is 9.78 Å². The summed E-state index contributed by atoms with van der Waals surface area (Å²) < 4.78 is 1.43. The van der Waals surface area contributed by atoms with Gasteiger partial charge in [0.2, 0.25) is 0 Å². The highest BCUT2D eigenvalue weighted by atomic mass is 32.2. The van der Waals surface area contributed by atoms with E-state index in [0.717, 1.165) is 21.9 Å². The number of thioether (sulfide) groups is 1. The van der Waals surface area contributed by atoms with Crippen LogP contribution in [0.1, 0.15) is 6.92 Å². The quantitative estimate of drug-likeness (QED) is 0.755. The SMILES string of the molecule is CCSc1nn(-c2ccccc2)c(=O)c2c(N)scc12. The second-order valence-electron chi connectivity index (χ2n) is 4.18. The van der Waals surface area contributed by atoms with Gasteiger partial charge in [0.05, 0.1) is 16.1 Å². The molecule has 0 aliphatic carbocycles. The van der Waals surface area contributed by atoms with Crippen molar-refractivity contribution < 1.29 is 0 Å². The van der Waals surface area contributed by atoms with Gasteiger partial charge in [0.15, 0.2) is 0 Å². The summed E-state index contributed by atoms with van der Waals surface area (Å²) in [4.78, 5) is 12.6. The van der Waals surface area contributed by atoms with E-state index in [-0.39, 0.29) is 5.56 Å². The number of fused-ring (bicyclic) bond motifs is 1. The number of rotatable bonds is 3. The Bertz CT molecular complexity index is 808. The molecule has 0 amide bonds. The number of hydrogen-bond donors (Lipinski definition) is 1. The van der Waals surface area contributed by atoms with Crippen molar-refractivity contribution in [3.63, 3.8) is 0 Å². The lowest BCUT2D eigenvalue weighted by Crippen LogP contribution is -2.22. The van der Waals surface area contributed by atoms with Crippen LogP contribution in [0.5, 0.6) is 0 Å². The van der Waals surface area contributed by atoms with Crippen molar-refractivity contribution in [3.05, 3.63) is 46.1 Å². The fourth-order valence-corrected chi connectivity index (χ4v) is 3.63. The summed E-state index contributed by atoms with van der Waals surface area (Å²) in [7, 11) is 0. The number of nitrogens with two attached hydrogens (primary N) is 1. The van der Waals surface area contributed by atoms with Crippen LogP contribution >= 0.6 is 23.1 Å². The number of para-hydroxylation sites is 1. The number of nitrogens with zero attached hydrogens (tertiary/aromatic N) is 2. The van der Waals surface area contributed by atoms with Crippen molar-refractivity contribution in [2.24, 2.45) is 0 Å². The molecule has 2 N–H and O–H groups in total. The van der Waals surface area contributed by atoms with Gasteiger partial charge in [-0.3, -0.25) is 4.79 Å². The number of aromatic nitrogens is 2. The number of benzene rings is 1. The first kappa shape index (κ1) is 13.2. The molecular weight excluding hydrogens is 290 g/mol. The molecule has 0 saturated heterocycles. The zero-order valence-corrected chi connectivity index (χ0v) is 12.5. The number of hydrogen-bond acceptors (Lipinski definition) is 5. The zero-order chi connectivity index (χ0) is 14.1. The Labute approximate surface area is 124 Å². The maximum atomic E-state index is 12.6. The van der Waals surface area contributed by atoms with Gasteiger partial charge in [-0.1, -0.05) is 25.1 Å². The van der Waals surface area contributed by atoms with E-state index < -0.39 is 0 Å². The van der Waals surface area contributed by atoms with Crippen LogP contribution in [0.15, 0.2) is 45.5 Å². The van der Waals surface area contributed by atoms with Gasteiger partial charge in [0.1, 0.15) is 5.03 Å². The van der Waals surface area contributed by atoms with E-state index in [1.165, 1.54) is 16.0 Å². The molecule has 1 aromatic carbocycles. The number of nitrogen functional groups attached to an aromatic ring is 1. The maximum absolute atomic E-state index is 12.6. The summed E-state index contributed by atoms with van der Waals surface area (Å²) in [5.41, 5.74) is 6.55. The lowest BCUT2D eigenvalue weighted by molar-refractivity contribution is 0.773. The summed E-state index contributed by atoms with van der Waals surface area (Å²) >= 11 is 3.00. The second kappa shape index (κ2) is 5.30. The molecule has 2 heterocycles. The van der Waals surface area contributed by atoms with Crippen molar-refractivity contribution in [1.29, 1.82) is 0 Å². The van der Waals surface area contributed by atoms with Crippen molar-refractivity contribution in [2.75, 3.05) is 11.5 Å². The van der Waals surface area contributed by atoms with E-state index in [1.54, 1.807) is 11.8 Å². The van der Waals surface area contributed by atoms with E-state index in [4.69, 9.17) is 5.73 Å². The van der Waals surface area contributed by atoms with Crippen LogP contribution in [0.3, 0.4) is 0 Å². The molecule has 0 aliphatic rings. The molecule has 0 saturated carbocycles. The molecule has 102 valence electrons. The van der Waals surface area contributed by atoms with E-state index in [2.05, 4.69) is 12.0 Å². The molecule has 4 nitrogen and oxygen atoms in total. The predicted octanol–water partition coefficient (Wildman–Crippen LogP) is 3.14. The fourth-order valence-electron chi connectivity index (χ4n) is 2.03. The molecule has 6 heteroatoms. The van der Waals surface area contributed by atoms with E-state index >= 15 is 0 Å². The van der Waals surface area contributed by atoms with Gasteiger partial charge < -0.3 is 5.73 Å². The highest BCUT2D eigenvalue weighted by Gasteiger charge is 2.15. The van der Waals surface area contributed by atoms with Crippen LogP contribution in [-0.4, -0.2) is 15.5 Å². The minimum Gasteiger partial charge on any atom is -0.390 e. The lowest BCUT2D eigenvalue weighted by Gasteiger charge is -2.08. The van der Waals surface area contributed by atoms with Crippen LogP contribution in [0, 0.1) is 0 Å². The maximum Gasteiger partial charge on any atom is 0.282 e. The van der Waals surface area contributed by atoms with Gasteiger partial charge in [-0.05, 0) is 17.9 Å². The number of thiophene rings is 1. The first-order valence-corrected chi connectivity index (χ1v) is 8.07. The minimum atomic E-state index is -0.162. The fraction of sp³-hybridized carbons (Fsp3) is 0.143. The summed E-state index contributed by atoms with van der Waals surface area (Å²) in [6.07, 6.45) is 0. The second-order valence-corrected chi connectivity index (χ2v) is 6.34. The van der Waals surface area contributed by atoms with Crippen molar-refractivity contribution in [2.45, 2.75) is 11.9 Å². The number of anilines is 1. The van der Waals surface area contributed by atoms with Crippen LogP contribution in [0.25, 0.3) is 16.5 Å². The van der Waals surface area contributed by atoms with Crippen LogP contribution < -0.4 is 11.3 Å². The molecule has 0 unspecified atom stereocenters. The molecular formula is C14H13N3OS2. The largest absolute Gasteiger partial charge is 0.390 e. The van der Waals surface area contributed by atoms with Crippen LogP contribution in [0.2, 0.25) is 0 Å². The molecule has 3 rings (SSSR count). The highest BCUT2D eigenvalue weighted by molar-refractivity contribution is 7.99. The van der Waals surface area contributed by atoms with Gasteiger partial charge in [-0.15, -0.1) is 23.1 Å². The van der Waals surface area contributed by atoms with E-state index in [0.29, 0.717) is 10.4 Å². The predicted molar refractivity (Wildman–Crippen MR) is 86.0 cm³/mol. The summed E-state index contributed by atoms with van der Waals surface area (Å²) in [5.74, 6) is 0.894. The molecule has 0 atom stereocenters. The minimum absolute atomic E-state index is 0.162. The monoisotopic (exact) mass is 303 g/mol. The lowest BCUT2D eigenvalue weighted by atomic mass is 10.3. The van der Waals surface area contributed by atoms with E-state index in [1.807, 2.05) is 35.7 Å². The topological polar surface area (TPSA) is 60.9 Å². The first-order chi connectivity index (χ1) is 9.72. The Balaban J connectivity index is 2.36. The van der Waals surface area contributed by atoms with Gasteiger partial charge in [0.25, 0.3) is 5.56 Å². The highest BCUT2D eigenvalue weighted by Crippen LogP contribution is 2.31. The molecule has 20 heavy (non-hydrogen) atoms. The smallest absolute Gasteiger partial charge is 0.282 e. The van der Waals surface area contributed by atoms with Crippen LogP contribution in [0.4, 0.5) is 5.00 Å². The Morgan fingerprint density at radius 1 is 1.35 bits per heavy atom. The zero-order valence-electron chi connectivity index (χ0n) is 10.9. The Morgan fingerprint density at radius 3 is 2.80 bits per heavy atom. The third kappa shape index (κ3) is 2.10. The summed E-state index contributed by atoms with van der Waals surface area (Å²) in [6.45, 7) is 2.06. The molecule has 0 radical (unpaired) electrons. The normalized spacial score (nSPS) is 11.1. The third-order valence-electron chi connectivity index (χ3n) is 2.93. The first-order valence-electron chi connectivity index (χ1n) is 6.20. The Morgan fingerprint density at radius 2 is 2.10 bits per heavy atom. The molecule has 0 spiro atoms. The van der Waals surface area contributed by atoms with Gasteiger partial charge in [-0.25, -0.2) is 0 Å². The van der Waals surface area contributed by atoms with E-state index in [9.17, 15) is 4.79 Å². The summed E-state index contributed by atoms with van der Waals surface area (Å²) in [5, 5.41) is 9.23. The molecule has 0 bridgehead atoms. The third-order valence-corrected chi connectivity index (χ3v) is 4.60.